The van der Waals surface area contributed by atoms with Crippen LogP contribution in [-0.2, 0) is 19.1 Å². The number of unbranched alkanes of at least 4 members (excludes halogenated alkanes) is 1. The lowest BCUT2D eigenvalue weighted by Crippen LogP contribution is -2.29. The van der Waals surface area contributed by atoms with Gasteiger partial charge in [0.1, 0.15) is 0 Å². The summed E-state index contributed by atoms with van der Waals surface area (Å²) < 4.78 is 9.81. The summed E-state index contributed by atoms with van der Waals surface area (Å²) in [4.78, 5) is 23.4. The first kappa shape index (κ1) is 17.9. The second-order valence-corrected chi connectivity index (χ2v) is 4.30. The zero-order chi connectivity index (χ0) is 14.5. The first-order valence-electron chi connectivity index (χ1n) is 7.21. The number of esters is 2. The van der Waals surface area contributed by atoms with Gasteiger partial charge in [-0.25, -0.2) is 0 Å². The van der Waals surface area contributed by atoms with Crippen molar-refractivity contribution in [2.45, 2.75) is 46.5 Å². The summed E-state index contributed by atoms with van der Waals surface area (Å²) in [6.07, 6.45) is 3.52. The molecule has 0 saturated carbocycles. The maximum atomic E-state index is 11.7. The molecule has 0 aromatic heterocycles. The predicted molar refractivity (Wildman–Crippen MR) is 73.8 cm³/mol. The van der Waals surface area contributed by atoms with Crippen LogP contribution < -0.4 is 5.32 Å². The maximum absolute atomic E-state index is 11.7. The van der Waals surface area contributed by atoms with Gasteiger partial charge in [-0.05, 0) is 46.2 Å². The zero-order valence-corrected chi connectivity index (χ0v) is 12.4. The van der Waals surface area contributed by atoms with E-state index in [4.69, 9.17) is 9.47 Å². The third-order valence-electron chi connectivity index (χ3n) is 2.70. The van der Waals surface area contributed by atoms with E-state index >= 15 is 0 Å². The summed E-state index contributed by atoms with van der Waals surface area (Å²) >= 11 is 0. The smallest absolute Gasteiger partial charge is 0.320 e. The van der Waals surface area contributed by atoms with Gasteiger partial charge in [0.15, 0.2) is 5.92 Å². The average molecular weight is 273 g/mol. The summed E-state index contributed by atoms with van der Waals surface area (Å²) in [5.41, 5.74) is 0. The average Bonchev–Trinajstić information content (AvgIpc) is 2.38. The van der Waals surface area contributed by atoms with Crippen LogP contribution in [0.3, 0.4) is 0 Å². The van der Waals surface area contributed by atoms with Crippen LogP contribution in [0.5, 0.6) is 0 Å². The highest BCUT2D eigenvalue weighted by Crippen LogP contribution is 2.11. The van der Waals surface area contributed by atoms with Gasteiger partial charge in [0.25, 0.3) is 0 Å². The van der Waals surface area contributed by atoms with Crippen molar-refractivity contribution in [1.29, 1.82) is 0 Å². The number of carbonyl (C=O) groups excluding carboxylic acids is 2. The van der Waals surface area contributed by atoms with Gasteiger partial charge in [-0.15, -0.1) is 0 Å². The molecule has 0 unspecified atom stereocenters. The van der Waals surface area contributed by atoms with Crippen LogP contribution in [0.25, 0.3) is 0 Å². The summed E-state index contributed by atoms with van der Waals surface area (Å²) in [6, 6.07) is 0. The quantitative estimate of drug-likeness (QED) is 0.354. The van der Waals surface area contributed by atoms with Gasteiger partial charge in [-0.2, -0.15) is 0 Å². The zero-order valence-electron chi connectivity index (χ0n) is 12.4. The molecule has 112 valence electrons. The Bertz CT molecular complexity index is 238. The summed E-state index contributed by atoms with van der Waals surface area (Å²) in [5.74, 6) is -1.74. The number of nitrogens with one attached hydrogen (secondary N) is 1. The third-order valence-corrected chi connectivity index (χ3v) is 2.70. The maximum Gasteiger partial charge on any atom is 0.320 e. The van der Waals surface area contributed by atoms with E-state index in [9.17, 15) is 9.59 Å². The minimum absolute atomic E-state index is 0.281. The molecule has 0 radical (unpaired) electrons. The van der Waals surface area contributed by atoms with E-state index in [0.717, 1.165) is 32.4 Å². The fourth-order valence-electron chi connectivity index (χ4n) is 1.68. The largest absolute Gasteiger partial charge is 0.465 e. The van der Waals surface area contributed by atoms with Gasteiger partial charge in [0.05, 0.1) is 13.2 Å². The Balaban J connectivity index is 4.05. The highest BCUT2D eigenvalue weighted by Gasteiger charge is 2.28. The molecule has 0 spiro atoms. The Morgan fingerprint density at radius 2 is 1.47 bits per heavy atom. The van der Waals surface area contributed by atoms with Crippen LogP contribution in [0, 0.1) is 5.92 Å². The molecule has 0 atom stereocenters. The van der Waals surface area contributed by atoms with Crippen LogP contribution in [0.2, 0.25) is 0 Å². The summed E-state index contributed by atoms with van der Waals surface area (Å²) in [5, 5.41) is 3.28. The highest BCUT2D eigenvalue weighted by atomic mass is 16.6. The number of hydrogen-bond acceptors (Lipinski definition) is 5. The molecule has 5 heteroatoms. The van der Waals surface area contributed by atoms with Crippen LogP contribution in [0.15, 0.2) is 0 Å². The molecule has 0 aromatic rings. The molecule has 0 aliphatic heterocycles. The lowest BCUT2D eigenvalue weighted by atomic mass is 10.0. The standard InChI is InChI=1S/C14H27NO4/c1-4-7-10-15-11-8-9-12(13(16)18-5-2)14(17)19-6-3/h12,15H,4-11H2,1-3H3. The molecule has 19 heavy (non-hydrogen) atoms. The predicted octanol–water partition coefficient (Wildman–Crippen LogP) is 1.90. The number of rotatable bonds is 11. The van der Waals surface area contributed by atoms with E-state index in [-0.39, 0.29) is 13.2 Å². The molecule has 0 bridgehead atoms. The van der Waals surface area contributed by atoms with Gasteiger partial charge in [-0.3, -0.25) is 9.59 Å². The van der Waals surface area contributed by atoms with Crippen molar-refractivity contribution in [2.75, 3.05) is 26.3 Å². The van der Waals surface area contributed by atoms with Gasteiger partial charge in [0, 0.05) is 0 Å². The Morgan fingerprint density at radius 1 is 0.947 bits per heavy atom. The van der Waals surface area contributed by atoms with Gasteiger partial charge < -0.3 is 14.8 Å². The van der Waals surface area contributed by atoms with Crippen LogP contribution in [-0.4, -0.2) is 38.2 Å². The molecule has 0 aromatic carbocycles. The van der Waals surface area contributed by atoms with Crippen molar-refractivity contribution in [3.8, 4) is 0 Å². The second-order valence-electron chi connectivity index (χ2n) is 4.30. The first-order chi connectivity index (χ1) is 9.17. The molecule has 0 fully saturated rings. The van der Waals surface area contributed by atoms with E-state index in [0.29, 0.717) is 6.42 Å². The Kier molecular flexibility index (Phi) is 11.3. The molecule has 5 nitrogen and oxygen atoms in total. The fourth-order valence-corrected chi connectivity index (χ4v) is 1.68. The van der Waals surface area contributed by atoms with E-state index < -0.39 is 17.9 Å². The van der Waals surface area contributed by atoms with Crippen molar-refractivity contribution in [2.24, 2.45) is 5.92 Å². The highest BCUT2D eigenvalue weighted by molar-refractivity contribution is 5.94. The molecule has 0 aliphatic rings. The van der Waals surface area contributed by atoms with Crippen molar-refractivity contribution < 1.29 is 19.1 Å². The van der Waals surface area contributed by atoms with Crippen molar-refractivity contribution >= 4 is 11.9 Å². The molecule has 0 heterocycles. The number of hydrogen-bond donors (Lipinski definition) is 1. The van der Waals surface area contributed by atoms with Crippen LogP contribution in [0.4, 0.5) is 0 Å². The number of ether oxygens (including phenoxy) is 2. The van der Waals surface area contributed by atoms with E-state index in [2.05, 4.69) is 12.2 Å². The van der Waals surface area contributed by atoms with Gasteiger partial charge in [0.2, 0.25) is 0 Å². The molecule has 0 saturated heterocycles. The molecular weight excluding hydrogens is 246 g/mol. The lowest BCUT2D eigenvalue weighted by molar-refractivity contribution is -0.161. The van der Waals surface area contributed by atoms with Gasteiger partial charge >= 0.3 is 11.9 Å². The Morgan fingerprint density at radius 3 is 1.95 bits per heavy atom. The summed E-state index contributed by atoms with van der Waals surface area (Å²) in [6.45, 7) is 7.93. The molecule has 0 aliphatic carbocycles. The van der Waals surface area contributed by atoms with Crippen LogP contribution >= 0.6 is 0 Å². The summed E-state index contributed by atoms with van der Waals surface area (Å²) in [7, 11) is 0. The molecular formula is C14H27NO4. The molecule has 1 N–H and O–H groups in total. The van der Waals surface area contributed by atoms with Crippen molar-refractivity contribution in [1.82, 2.24) is 5.32 Å². The van der Waals surface area contributed by atoms with Crippen molar-refractivity contribution in [3.05, 3.63) is 0 Å². The van der Waals surface area contributed by atoms with Crippen LogP contribution in [0.1, 0.15) is 46.5 Å². The second kappa shape index (κ2) is 12.0. The first-order valence-corrected chi connectivity index (χ1v) is 7.21. The third kappa shape index (κ3) is 8.59. The number of carbonyl (C=O) groups is 2. The van der Waals surface area contributed by atoms with Gasteiger partial charge in [-0.1, -0.05) is 13.3 Å². The van der Waals surface area contributed by atoms with E-state index in [1.54, 1.807) is 13.8 Å². The minimum atomic E-state index is -0.784. The fraction of sp³-hybridized carbons (Fsp3) is 0.857. The van der Waals surface area contributed by atoms with Crippen molar-refractivity contribution in [3.63, 3.8) is 0 Å². The normalized spacial score (nSPS) is 10.5. The topological polar surface area (TPSA) is 64.6 Å². The molecule has 0 amide bonds. The molecule has 0 rings (SSSR count). The Labute approximate surface area is 116 Å². The monoisotopic (exact) mass is 273 g/mol. The van der Waals surface area contributed by atoms with E-state index in [1.807, 2.05) is 0 Å². The van der Waals surface area contributed by atoms with E-state index in [1.165, 1.54) is 0 Å². The lowest BCUT2D eigenvalue weighted by Gasteiger charge is -2.14. The minimum Gasteiger partial charge on any atom is -0.465 e. The Hall–Kier alpha value is -1.10. The SMILES string of the molecule is CCCCNCCCC(C(=O)OCC)C(=O)OCC.